The Morgan fingerprint density at radius 2 is 2.27 bits per heavy atom. The molecule has 33 heavy (non-hydrogen) atoms. The van der Waals surface area contributed by atoms with Crippen molar-refractivity contribution in [1.82, 2.24) is 10.2 Å². The Labute approximate surface area is 192 Å². The third-order valence-electron chi connectivity index (χ3n) is 6.37. The average molecular weight is 453 g/mol. The number of methoxy groups -OCH3 is 1. The highest BCUT2D eigenvalue weighted by Gasteiger charge is 2.49. The number of benzene rings is 1. The normalized spacial score (nSPS) is 27.7. The van der Waals surface area contributed by atoms with Crippen LogP contribution in [0.3, 0.4) is 0 Å². The van der Waals surface area contributed by atoms with Gasteiger partial charge in [0.05, 0.1) is 25.9 Å². The van der Waals surface area contributed by atoms with Crippen LogP contribution in [0.25, 0.3) is 5.57 Å². The summed E-state index contributed by atoms with van der Waals surface area (Å²) in [6, 6.07) is 1.78. The number of fused-ring (bicyclic) bond motifs is 4. The smallest absolute Gasteiger partial charge is 0.374 e. The summed E-state index contributed by atoms with van der Waals surface area (Å²) in [5, 5.41) is 14.1. The first-order valence-corrected chi connectivity index (χ1v) is 11.1. The highest BCUT2D eigenvalue weighted by atomic mass is 16.6. The molecule has 8 heteroatoms. The lowest BCUT2D eigenvalue weighted by Crippen LogP contribution is -2.45. The lowest BCUT2D eigenvalue weighted by atomic mass is 9.78. The molecule has 0 bridgehead atoms. The average Bonchev–Trinajstić information content (AvgIpc) is 3.44. The lowest BCUT2D eigenvalue weighted by molar-refractivity contribution is -0.141. The van der Waals surface area contributed by atoms with Gasteiger partial charge in [0.2, 0.25) is 5.76 Å². The Bertz CT molecular complexity index is 1100. The molecule has 3 unspecified atom stereocenters. The topological polar surface area (TPSA) is 89.5 Å². The van der Waals surface area contributed by atoms with Crippen LogP contribution in [0, 0.1) is 0 Å². The Morgan fingerprint density at radius 3 is 3.00 bits per heavy atom. The predicted octanol–water partition coefficient (Wildman–Crippen LogP) is 2.81. The zero-order valence-electron chi connectivity index (χ0n) is 19.0. The van der Waals surface area contributed by atoms with Gasteiger partial charge in [0, 0.05) is 36.5 Å². The van der Waals surface area contributed by atoms with E-state index < -0.39 is 17.7 Å². The third-order valence-corrected chi connectivity index (χ3v) is 6.37. The number of nitrogens with one attached hydrogen (secondary N) is 1. The summed E-state index contributed by atoms with van der Waals surface area (Å²) in [6.45, 7) is 5.12. The number of allylic oxidation sites excluding steroid dienone is 2. The molecule has 1 aromatic rings. The molecule has 0 fully saturated rings. The Morgan fingerprint density at radius 1 is 1.42 bits per heavy atom. The van der Waals surface area contributed by atoms with Crippen LogP contribution < -0.4 is 19.5 Å². The zero-order valence-corrected chi connectivity index (χ0v) is 19.0. The van der Waals surface area contributed by atoms with E-state index in [0.717, 1.165) is 16.7 Å². The summed E-state index contributed by atoms with van der Waals surface area (Å²) in [7, 11) is 1.61. The predicted molar refractivity (Wildman–Crippen MR) is 122 cm³/mol. The Kier molecular flexibility index (Phi) is 5.32. The number of hydrogen-bond donors (Lipinski definition) is 2. The minimum absolute atomic E-state index is 0.106. The molecule has 0 saturated carbocycles. The minimum atomic E-state index is -1.01. The Hall–Kier alpha value is -3.39. The molecule has 0 saturated heterocycles. The number of nitrogens with zero attached hydrogens (tertiary/aromatic N) is 1. The van der Waals surface area contributed by atoms with Crippen molar-refractivity contribution < 1.29 is 28.8 Å². The van der Waals surface area contributed by atoms with Gasteiger partial charge in [-0.25, -0.2) is 4.79 Å². The van der Waals surface area contributed by atoms with Crippen molar-refractivity contribution in [3.8, 4) is 17.2 Å². The molecule has 1 aromatic carbocycles. The zero-order chi connectivity index (χ0) is 23.2. The molecule has 3 heterocycles. The maximum Gasteiger partial charge on any atom is 0.374 e. The summed E-state index contributed by atoms with van der Waals surface area (Å²) in [6.07, 6.45) is 11.7. The van der Waals surface area contributed by atoms with Gasteiger partial charge >= 0.3 is 5.97 Å². The highest BCUT2D eigenvalue weighted by Crippen LogP contribution is 2.55. The van der Waals surface area contributed by atoms with Crippen molar-refractivity contribution in [2.45, 2.75) is 37.9 Å². The summed E-state index contributed by atoms with van der Waals surface area (Å²) in [4.78, 5) is 14.6. The molecule has 4 aliphatic rings. The van der Waals surface area contributed by atoms with Gasteiger partial charge in [-0.2, -0.15) is 0 Å². The quantitative estimate of drug-likeness (QED) is 0.521. The van der Waals surface area contributed by atoms with Gasteiger partial charge in [-0.3, -0.25) is 0 Å². The van der Waals surface area contributed by atoms with Crippen molar-refractivity contribution in [3.63, 3.8) is 0 Å². The van der Waals surface area contributed by atoms with E-state index in [1.807, 2.05) is 24.6 Å². The second kappa shape index (κ2) is 8.19. The Balaban J connectivity index is 1.62. The molecule has 8 nitrogen and oxygen atoms in total. The summed E-state index contributed by atoms with van der Waals surface area (Å²) in [5.74, 6) is 1.10. The van der Waals surface area contributed by atoms with E-state index in [1.54, 1.807) is 33.1 Å². The van der Waals surface area contributed by atoms with Crippen LogP contribution >= 0.6 is 0 Å². The monoisotopic (exact) mass is 452 g/mol. The van der Waals surface area contributed by atoms with Crippen molar-refractivity contribution >= 4 is 11.5 Å². The van der Waals surface area contributed by atoms with Crippen LogP contribution in [-0.4, -0.2) is 54.6 Å². The van der Waals surface area contributed by atoms with Crippen LogP contribution in [0.15, 0.2) is 48.5 Å². The SMILES string of the molecule is CCOC(=O)C1=CC(=CCN2C=CNC2)c2c(cc3c(c2OC)C2C=CCC(C)(O)C2O3)O1. The number of esters is 1. The van der Waals surface area contributed by atoms with E-state index in [0.29, 0.717) is 36.9 Å². The molecule has 2 N–H and O–H groups in total. The second-order valence-corrected chi connectivity index (χ2v) is 8.69. The standard InChI is InChI=1S/C25H28N2O6/c1-4-31-24(28)19-12-15(7-10-27-11-9-26-14-27)20-17(32-19)13-18-21(22(20)30-3)16-6-5-8-25(2,29)23(16)33-18/h5-7,9,11-13,16,23,26,29H,4,8,10,14H2,1-3H3. The summed E-state index contributed by atoms with van der Waals surface area (Å²) >= 11 is 0. The third kappa shape index (κ3) is 3.64. The number of ether oxygens (including phenoxy) is 4. The summed E-state index contributed by atoms with van der Waals surface area (Å²) in [5.41, 5.74) is 1.42. The maximum absolute atomic E-state index is 12.5. The first-order chi connectivity index (χ1) is 15.9. The van der Waals surface area contributed by atoms with E-state index in [2.05, 4.69) is 16.3 Å². The van der Waals surface area contributed by atoms with Gasteiger partial charge in [-0.1, -0.05) is 18.2 Å². The first-order valence-electron chi connectivity index (χ1n) is 11.1. The fourth-order valence-corrected chi connectivity index (χ4v) is 4.80. The molecule has 1 aliphatic carbocycles. The molecule has 3 atom stereocenters. The van der Waals surface area contributed by atoms with Crippen molar-refractivity contribution in [2.24, 2.45) is 0 Å². The largest absolute Gasteiger partial charge is 0.496 e. The van der Waals surface area contributed by atoms with Crippen molar-refractivity contribution in [3.05, 3.63) is 59.7 Å². The molecule has 0 amide bonds. The van der Waals surface area contributed by atoms with Crippen LogP contribution in [0.1, 0.15) is 37.3 Å². The molecule has 0 aromatic heterocycles. The van der Waals surface area contributed by atoms with E-state index >= 15 is 0 Å². The molecule has 174 valence electrons. The molecule has 5 rings (SSSR count). The number of carbonyl (C=O) groups excluding carboxylic acids is 1. The maximum atomic E-state index is 12.5. The van der Waals surface area contributed by atoms with E-state index in [1.165, 1.54) is 0 Å². The van der Waals surface area contributed by atoms with Gasteiger partial charge in [0.1, 0.15) is 29.0 Å². The van der Waals surface area contributed by atoms with Gasteiger partial charge in [-0.15, -0.1) is 0 Å². The van der Waals surface area contributed by atoms with Crippen molar-refractivity contribution in [2.75, 3.05) is 26.9 Å². The van der Waals surface area contributed by atoms with Crippen LogP contribution in [0.5, 0.6) is 17.2 Å². The summed E-state index contributed by atoms with van der Waals surface area (Å²) < 4.78 is 23.3. The fraction of sp³-hybridized carbons (Fsp3) is 0.400. The molecule has 0 radical (unpaired) electrons. The van der Waals surface area contributed by atoms with Gasteiger partial charge in [0.25, 0.3) is 0 Å². The second-order valence-electron chi connectivity index (χ2n) is 8.69. The number of carbonyl (C=O) groups is 1. The lowest BCUT2D eigenvalue weighted by Gasteiger charge is -2.34. The molecule has 3 aliphatic heterocycles. The van der Waals surface area contributed by atoms with Gasteiger partial charge in [-0.05, 0) is 31.9 Å². The minimum Gasteiger partial charge on any atom is -0.496 e. The number of rotatable bonds is 5. The van der Waals surface area contributed by atoms with Gasteiger partial charge in [0.15, 0.2) is 0 Å². The molecular formula is C25H28N2O6. The molecule has 0 spiro atoms. The number of hydrogen-bond acceptors (Lipinski definition) is 8. The van der Waals surface area contributed by atoms with Gasteiger partial charge < -0.3 is 34.3 Å². The van der Waals surface area contributed by atoms with E-state index in [4.69, 9.17) is 18.9 Å². The van der Waals surface area contributed by atoms with Crippen LogP contribution in [0.2, 0.25) is 0 Å². The van der Waals surface area contributed by atoms with Crippen molar-refractivity contribution in [1.29, 1.82) is 0 Å². The van der Waals surface area contributed by atoms with Crippen LogP contribution in [0.4, 0.5) is 0 Å². The first kappa shape index (κ1) is 21.5. The molecular weight excluding hydrogens is 424 g/mol. The van der Waals surface area contributed by atoms with E-state index in [9.17, 15) is 9.90 Å². The van der Waals surface area contributed by atoms with Crippen LogP contribution in [-0.2, 0) is 9.53 Å². The fourth-order valence-electron chi connectivity index (χ4n) is 4.80. The number of aliphatic hydroxyl groups is 1. The highest BCUT2D eigenvalue weighted by molar-refractivity contribution is 5.96. The van der Waals surface area contributed by atoms with E-state index in [-0.39, 0.29) is 18.3 Å².